The van der Waals surface area contributed by atoms with Crippen LogP contribution in [0.25, 0.3) is 11.1 Å². The molecule has 0 saturated carbocycles. The highest BCUT2D eigenvalue weighted by molar-refractivity contribution is 5.64. The Balaban J connectivity index is 2.06. The lowest BCUT2D eigenvalue weighted by Crippen LogP contribution is -2.17. The summed E-state index contributed by atoms with van der Waals surface area (Å²) in [4.78, 5) is 4.16. The van der Waals surface area contributed by atoms with Crippen molar-refractivity contribution in [1.29, 1.82) is 0 Å². The van der Waals surface area contributed by atoms with Gasteiger partial charge in [-0.3, -0.25) is 4.98 Å². The van der Waals surface area contributed by atoms with Crippen LogP contribution in [0.4, 0.5) is 0 Å². The second-order valence-corrected chi connectivity index (χ2v) is 4.65. The van der Waals surface area contributed by atoms with Crippen molar-refractivity contribution in [3.63, 3.8) is 0 Å². The van der Waals surface area contributed by atoms with Gasteiger partial charge in [0.25, 0.3) is 0 Å². The van der Waals surface area contributed by atoms with Crippen LogP contribution in [0.1, 0.15) is 30.0 Å². The SMILES string of the molecule is NC1CCCc2ccc(-c3cccnc3)cc21. The summed E-state index contributed by atoms with van der Waals surface area (Å²) in [5.41, 5.74) is 11.3. The standard InChI is InChI=1S/C15H16N2/c16-15-5-1-3-11-6-7-12(9-14(11)15)13-4-2-8-17-10-13/h2,4,6-10,15H,1,3,5,16H2. The van der Waals surface area contributed by atoms with Gasteiger partial charge in [0.1, 0.15) is 0 Å². The minimum Gasteiger partial charge on any atom is -0.324 e. The van der Waals surface area contributed by atoms with Crippen LogP contribution in [0.5, 0.6) is 0 Å². The van der Waals surface area contributed by atoms with E-state index < -0.39 is 0 Å². The number of hydrogen-bond acceptors (Lipinski definition) is 2. The van der Waals surface area contributed by atoms with Gasteiger partial charge in [-0.15, -0.1) is 0 Å². The summed E-state index contributed by atoms with van der Waals surface area (Å²) in [6, 6.07) is 10.9. The van der Waals surface area contributed by atoms with E-state index in [1.807, 2.05) is 12.3 Å². The molecule has 0 fully saturated rings. The van der Waals surface area contributed by atoms with Gasteiger partial charge in [-0.1, -0.05) is 18.2 Å². The Bertz CT molecular complexity index is 520. The monoisotopic (exact) mass is 224 g/mol. The fourth-order valence-electron chi connectivity index (χ4n) is 2.55. The Morgan fingerprint density at radius 3 is 2.94 bits per heavy atom. The molecule has 0 saturated heterocycles. The fraction of sp³-hybridized carbons (Fsp3) is 0.267. The molecule has 1 aliphatic rings. The van der Waals surface area contributed by atoms with Crippen molar-refractivity contribution in [1.82, 2.24) is 4.98 Å². The summed E-state index contributed by atoms with van der Waals surface area (Å²) in [6.07, 6.45) is 7.17. The molecule has 2 nitrogen and oxygen atoms in total. The van der Waals surface area contributed by atoms with Crippen LogP contribution >= 0.6 is 0 Å². The van der Waals surface area contributed by atoms with Gasteiger partial charge < -0.3 is 5.73 Å². The fourth-order valence-corrected chi connectivity index (χ4v) is 2.55. The first-order valence-corrected chi connectivity index (χ1v) is 6.13. The van der Waals surface area contributed by atoms with Crippen LogP contribution in [-0.4, -0.2) is 4.98 Å². The molecule has 1 aliphatic carbocycles. The van der Waals surface area contributed by atoms with E-state index in [2.05, 4.69) is 29.2 Å². The predicted octanol–water partition coefficient (Wildman–Crippen LogP) is 3.08. The largest absolute Gasteiger partial charge is 0.324 e. The third-order valence-electron chi connectivity index (χ3n) is 3.50. The maximum Gasteiger partial charge on any atom is 0.0346 e. The molecule has 2 aromatic rings. The van der Waals surface area contributed by atoms with Crippen LogP contribution in [0, 0.1) is 0 Å². The normalized spacial score (nSPS) is 18.8. The molecule has 0 spiro atoms. The minimum absolute atomic E-state index is 0.204. The predicted molar refractivity (Wildman–Crippen MR) is 69.5 cm³/mol. The van der Waals surface area contributed by atoms with Gasteiger partial charge in [0.05, 0.1) is 0 Å². The summed E-state index contributed by atoms with van der Waals surface area (Å²) in [6.45, 7) is 0. The maximum absolute atomic E-state index is 6.18. The number of fused-ring (bicyclic) bond motifs is 1. The lowest BCUT2D eigenvalue weighted by Gasteiger charge is -2.22. The van der Waals surface area contributed by atoms with Gasteiger partial charge in [0.15, 0.2) is 0 Å². The van der Waals surface area contributed by atoms with Crippen LogP contribution in [-0.2, 0) is 6.42 Å². The second kappa shape index (κ2) is 4.30. The van der Waals surface area contributed by atoms with Crippen molar-refractivity contribution in [2.45, 2.75) is 25.3 Å². The molecular formula is C15H16N2. The molecule has 1 unspecified atom stereocenters. The number of aryl methyl sites for hydroxylation is 1. The van der Waals surface area contributed by atoms with Crippen molar-refractivity contribution in [2.75, 3.05) is 0 Å². The summed E-state index contributed by atoms with van der Waals surface area (Å²) in [5, 5.41) is 0. The van der Waals surface area contributed by atoms with E-state index in [4.69, 9.17) is 5.73 Å². The van der Waals surface area contributed by atoms with E-state index in [0.717, 1.165) is 18.4 Å². The molecule has 0 radical (unpaired) electrons. The molecular weight excluding hydrogens is 208 g/mol. The quantitative estimate of drug-likeness (QED) is 0.808. The number of nitrogens with two attached hydrogens (primary N) is 1. The topological polar surface area (TPSA) is 38.9 Å². The number of nitrogens with zero attached hydrogens (tertiary/aromatic N) is 1. The third kappa shape index (κ3) is 1.96. The van der Waals surface area contributed by atoms with Gasteiger partial charge in [-0.05, 0) is 53.6 Å². The Kier molecular flexibility index (Phi) is 2.65. The number of pyridine rings is 1. The van der Waals surface area contributed by atoms with Crippen LogP contribution in [0.15, 0.2) is 42.7 Å². The van der Waals surface area contributed by atoms with Crippen molar-refractivity contribution in [2.24, 2.45) is 5.73 Å². The first-order valence-electron chi connectivity index (χ1n) is 6.13. The number of rotatable bonds is 1. The lowest BCUT2D eigenvalue weighted by molar-refractivity contribution is 0.571. The van der Waals surface area contributed by atoms with E-state index in [0.29, 0.717) is 0 Å². The van der Waals surface area contributed by atoms with Crippen molar-refractivity contribution < 1.29 is 0 Å². The molecule has 1 atom stereocenters. The van der Waals surface area contributed by atoms with E-state index in [1.165, 1.54) is 23.1 Å². The van der Waals surface area contributed by atoms with Gasteiger partial charge in [-0.2, -0.15) is 0 Å². The minimum atomic E-state index is 0.204. The molecule has 0 aliphatic heterocycles. The summed E-state index contributed by atoms with van der Waals surface area (Å²) in [7, 11) is 0. The first kappa shape index (κ1) is 10.5. The zero-order valence-corrected chi connectivity index (χ0v) is 9.76. The lowest BCUT2D eigenvalue weighted by atomic mass is 9.86. The van der Waals surface area contributed by atoms with Crippen molar-refractivity contribution in [3.8, 4) is 11.1 Å². The first-order chi connectivity index (χ1) is 8.34. The smallest absolute Gasteiger partial charge is 0.0346 e. The molecule has 86 valence electrons. The van der Waals surface area contributed by atoms with Crippen LogP contribution < -0.4 is 5.73 Å². The van der Waals surface area contributed by atoms with Gasteiger partial charge >= 0.3 is 0 Å². The van der Waals surface area contributed by atoms with Crippen LogP contribution in [0.3, 0.4) is 0 Å². The van der Waals surface area contributed by atoms with E-state index in [1.54, 1.807) is 6.20 Å². The average molecular weight is 224 g/mol. The summed E-state index contributed by atoms with van der Waals surface area (Å²) >= 11 is 0. The van der Waals surface area contributed by atoms with Crippen molar-refractivity contribution >= 4 is 0 Å². The highest BCUT2D eigenvalue weighted by Crippen LogP contribution is 2.31. The van der Waals surface area contributed by atoms with Crippen molar-refractivity contribution in [3.05, 3.63) is 53.9 Å². The number of benzene rings is 1. The Labute approximate surface area is 102 Å². The molecule has 2 N–H and O–H groups in total. The zero-order valence-electron chi connectivity index (χ0n) is 9.76. The zero-order chi connectivity index (χ0) is 11.7. The number of hydrogen-bond donors (Lipinski definition) is 1. The van der Waals surface area contributed by atoms with E-state index >= 15 is 0 Å². The van der Waals surface area contributed by atoms with Crippen LogP contribution in [0.2, 0.25) is 0 Å². The van der Waals surface area contributed by atoms with Gasteiger partial charge in [-0.25, -0.2) is 0 Å². The van der Waals surface area contributed by atoms with E-state index in [-0.39, 0.29) is 6.04 Å². The molecule has 2 heteroatoms. The highest BCUT2D eigenvalue weighted by Gasteiger charge is 2.17. The molecule has 3 rings (SSSR count). The Morgan fingerprint density at radius 1 is 1.18 bits per heavy atom. The molecule has 1 heterocycles. The van der Waals surface area contributed by atoms with Gasteiger partial charge in [0, 0.05) is 18.4 Å². The molecule has 1 aromatic heterocycles. The summed E-state index contributed by atoms with van der Waals surface area (Å²) < 4.78 is 0. The highest BCUT2D eigenvalue weighted by atomic mass is 14.6. The number of aromatic nitrogens is 1. The van der Waals surface area contributed by atoms with Gasteiger partial charge in [0.2, 0.25) is 0 Å². The average Bonchev–Trinajstić information content (AvgIpc) is 2.40. The molecule has 1 aromatic carbocycles. The Hall–Kier alpha value is -1.67. The summed E-state index contributed by atoms with van der Waals surface area (Å²) in [5.74, 6) is 0. The third-order valence-corrected chi connectivity index (χ3v) is 3.50. The molecule has 0 amide bonds. The Morgan fingerprint density at radius 2 is 2.12 bits per heavy atom. The molecule has 0 bridgehead atoms. The van der Waals surface area contributed by atoms with E-state index in [9.17, 15) is 0 Å². The molecule has 17 heavy (non-hydrogen) atoms. The second-order valence-electron chi connectivity index (χ2n) is 4.65. The maximum atomic E-state index is 6.18.